The Balaban J connectivity index is 1.68. The zero-order chi connectivity index (χ0) is 19.1. The molecule has 3 rings (SSSR count). The third kappa shape index (κ3) is 6.16. The van der Waals surface area contributed by atoms with Gasteiger partial charge in [0.1, 0.15) is 5.82 Å². The van der Waals surface area contributed by atoms with Gasteiger partial charge in [0.05, 0.1) is 6.54 Å². The van der Waals surface area contributed by atoms with Gasteiger partial charge in [-0.1, -0.05) is 29.8 Å². The molecule has 1 heterocycles. The fourth-order valence-corrected chi connectivity index (χ4v) is 2.83. The van der Waals surface area contributed by atoms with Gasteiger partial charge in [-0.05, 0) is 53.6 Å². The first-order valence-corrected chi connectivity index (χ1v) is 8.87. The van der Waals surface area contributed by atoms with Gasteiger partial charge >= 0.3 is 0 Å². The van der Waals surface area contributed by atoms with E-state index in [4.69, 9.17) is 11.6 Å². The lowest BCUT2D eigenvalue weighted by Gasteiger charge is -2.22. The molecule has 0 radical (unpaired) electrons. The smallest absolute Gasteiger partial charge is 0.238 e. The van der Waals surface area contributed by atoms with Crippen LogP contribution in [-0.2, 0) is 17.9 Å². The number of halogens is 2. The molecule has 6 heteroatoms. The number of nitrogens with zero attached hydrogens (tertiary/aromatic N) is 2. The number of nitrogens with one attached hydrogen (secondary N) is 1. The molecule has 1 aromatic heterocycles. The molecule has 0 spiro atoms. The number of rotatable bonds is 7. The van der Waals surface area contributed by atoms with E-state index in [1.165, 1.54) is 12.1 Å². The Morgan fingerprint density at radius 3 is 2.37 bits per heavy atom. The van der Waals surface area contributed by atoms with E-state index in [0.29, 0.717) is 23.8 Å². The van der Waals surface area contributed by atoms with Crippen molar-refractivity contribution in [1.29, 1.82) is 0 Å². The lowest BCUT2D eigenvalue weighted by molar-refractivity contribution is -0.117. The monoisotopic (exact) mass is 383 g/mol. The van der Waals surface area contributed by atoms with Crippen LogP contribution in [0.4, 0.5) is 10.1 Å². The molecule has 0 saturated heterocycles. The average Bonchev–Trinajstić information content (AvgIpc) is 2.66. The summed E-state index contributed by atoms with van der Waals surface area (Å²) < 4.78 is 13.2. The van der Waals surface area contributed by atoms with E-state index in [0.717, 1.165) is 11.1 Å². The molecule has 0 saturated carbocycles. The van der Waals surface area contributed by atoms with E-state index in [1.807, 2.05) is 17.0 Å². The molecular formula is C21H19ClFN3O. The third-order valence-corrected chi connectivity index (χ3v) is 4.20. The summed E-state index contributed by atoms with van der Waals surface area (Å²) in [6, 6.07) is 17.1. The molecule has 4 nitrogen and oxygen atoms in total. The topological polar surface area (TPSA) is 45.2 Å². The molecule has 0 fully saturated rings. The van der Waals surface area contributed by atoms with E-state index in [2.05, 4.69) is 10.3 Å². The second-order valence-corrected chi connectivity index (χ2v) is 6.62. The van der Waals surface area contributed by atoms with Gasteiger partial charge in [-0.2, -0.15) is 0 Å². The number of anilines is 1. The molecule has 27 heavy (non-hydrogen) atoms. The number of benzene rings is 2. The second kappa shape index (κ2) is 9.26. The summed E-state index contributed by atoms with van der Waals surface area (Å²) in [6.07, 6.45) is 3.48. The summed E-state index contributed by atoms with van der Waals surface area (Å²) in [7, 11) is 0. The molecule has 0 aliphatic carbocycles. The van der Waals surface area contributed by atoms with E-state index in [1.54, 1.807) is 48.8 Å². The van der Waals surface area contributed by atoms with E-state index in [9.17, 15) is 9.18 Å². The van der Waals surface area contributed by atoms with Gasteiger partial charge in [-0.25, -0.2) is 4.39 Å². The van der Waals surface area contributed by atoms with Crippen molar-refractivity contribution in [3.05, 3.63) is 95.0 Å². The number of hydrogen-bond donors (Lipinski definition) is 1. The normalized spacial score (nSPS) is 10.8. The minimum atomic E-state index is -0.280. The Bertz CT molecular complexity index is 870. The largest absolute Gasteiger partial charge is 0.325 e. The Morgan fingerprint density at radius 1 is 1.00 bits per heavy atom. The number of aromatic nitrogens is 1. The SMILES string of the molecule is O=C(CN(Cc1ccc(F)cc1)Cc1cccnc1)Nc1ccc(Cl)cc1. The van der Waals surface area contributed by atoms with E-state index >= 15 is 0 Å². The molecule has 138 valence electrons. The van der Waals surface area contributed by atoms with Crippen LogP contribution in [0.1, 0.15) is 11.1 Å². The second-order valence-electron chi connectivity index (χ2n) is 6.19. The number of hydrogen-bond acceptors (Lipinski definition) is 3. The van der Waals surface area contributed by atoms with Crippen molar-refractivity contribution in [3.8, 4) is 0 Å². The van der Waals surface area contributed by atoms with Gasteiger partial charge in [0.25, 0.3) is 0 Å². The van der Waals surface area contributed by atoms with Crippen LogP contribution in [0.3, 0.4) is 0 Å². The van der Waals surface area contributed by atoms with Gasteiger partial charge in [0.15, 0.2) is 0 Å². The fraction of sp³-hybridized carbons (Fsp3) is 0.143. The molecule has 0 aliphatic rings. The fourth-order valence-electron chi connectivity index (χ4n) is 2.70. The van der Waals surface area contributed by atoms with E-state index in [-0.39, 0.29) is 18.3 Å². The Hall–Kier alpha value is -2.76. The van der Waals surface area contributed by atoms with Crippen LogP contribution in [0.5, 0.6) is 0 Å². The van der Waals surface area contributed by atoms with Gasteiger partial charge in [0, 0.05) is 36.2 Å². The maximum Gasteiger partial charge on any atom is 0.238 e. The van der Waals surface area contributed by atoms with Crippen LogP contribution in [0.25, 0.3) is 0 Å². The number of pyridine rings is 1. The van der Waals surface area contributed by atoms with E-state index < -0.39 is 0 Å². The van der Waals surface area contributed by atoms with Crippen molar-refractivity contribution in [1.82, 2.24) is 9.88 Å². The third-order valence-electron chi connectivity index (χ3n) is 3.94. The standard InChI is InChI=1S/C21H19ClFN3O/c22-18-5-9-20(10-6-18)25-21(27)15-26(14-17-2-1-11-24-12-17)13-16-3-7-19(23)8-4-16/h1-12H,13-15H2,(H,25,27). The first-order valence-electron chi connectivity index (χ1n) is 8.49. The van der Waals surface area contributed by atoms with Gasteiger partial charge in [-0.3, -0.25) is 14.7 Å². The van der Waals surface area contributed by atoms with Gasteiger partial charge in [0.2, 0.25) is 5.91 Å². The van der Waals surface area contributed by atoms with Crippen molar-refractivity contribution in [2.24, 2.45) is 0 Å². The van der Waals surface area contributed by atoms with Crippen LogP contribution in [0.15, 0.2) is 73.1 Å². The minimum Gasteiger partial charge on any atom is -0.325 e. The summed E-state index contributed by atoms with van der Waals surface area (Å²) in [5.41, 5.74) is 2.62. The van der Waals surface area contributed by atoms with Crippen molar-refractivity contribution in [2.75, 3.05) is 11.9 Å². The minimum absolute atomic E-state index is 0.136. The molecule has 0 aliphatic heterocycles. The molecule has 0 unspecified atom stereocenters. The number of carbonyl (C=O) groups excluding carboxylic acids is 1. The molecule has 3 aromatic rings. The lowest BCUT2D eigenvalue weighted by Crippen LogP contribution is -2.32. The zero-order valence-electron chi connectivity index (χ0n) is 14.6. The van der Waals surface area contributed by atoms with Gasteiger partial charge < -0.3 is 5.32 Å². The predicted molar refractivity (Wildman–Crippen MR) is 105 cm³/mol. The highest BCUT2D eigenvalue weighted by atomic mass is 35.5. The van der Waals surface area contributed by atoms with Crippen LogP contribution >= 0.6 is 11.6 Å². The molecule has 1 N–H and O–H groups in total. The first kappa shape index (κ1) is 19.0. The highest BCUT2D eigenvalue weighted by Crippen LogP contribution is 2.14. The quantitative estimate of drug-likeness (QED) is 0.652. The first-order chi connectivity index (χ1) is 13.1. The summed E-state index contributed by atoms with van der Waals surface area (Å²) in [4.78, 5) is 18.6. The van der Waals surface area contributed by atoms with Crippen LogP contribution < -0.4 is 5.32 Å². The summed E-state index contributed by atoms with van der Waals surface area (Å²) in [5.74, 6) is -0.415. The molecule has 0 atom stereocenters. The van der Waals surface area contributed by atoms with Crippen molar-refractivity contribution >= 4 is 23.2 Å². The lowest BCUT2D eigenvalue weighted by atomic mass is 10.2. The number of carbonyl (C=O) groups is 1. The molecule has 1 amide bonds. The van der Waals surface area contributed by atoms with Crippen molar-refractivity contribution in [3.63, 3.8) is 0 Å². The molecule has 2 aromatic carbocycles. The zero-order valence-corrected chi connectivity index (χ0v) is 15.4. The van der Waals surface area contributed by atoms with Crippen molar-refractivity contribution in [2.45, 2.75) is 13.1 Å². The summed E-state index contributed by atoms with van der Waals surface area (Å²) in [5, 5.41) is 3.48. The molecule has 0 bridgehead atoms. The Morgan fingerprint density at radius 2 is 1.70 bits per heavy atom. The van der Waals surface area contributed by atoms with Gasteiger partial charge in [-0.15, -0.1) is 0 Å². The predicted octanol–water partition coefficient (Wildman–Crippen LogP) is 4.52. The van der Waals surface area contributed by atoms with Crippen molar-refractivity contribution < 1.29 is 9.18 Å². The average molecular weight is 384 g/mol. The summed E-state index contributed by atoms with van der Waals surface area (Å²) in [6.45, 7) is 1.26. The Labute approximate surface area is 162 Å². The molecular weight excluding hydrogens is 365 g/mol. The van der Waals surface area contributed by atoms with Crippen LogP contribution in [0, 0.1) is 5.82 Å². The highest BCUT2D eigenvalue weighted by Gasteiger charge is 2.13. The van der Waals surface area contributed by atoms with Crippen LogP contribution in [0.2, 0.25) is 5.02 Å². The maximum absolute atomic E-state index is 13.2. The maximum atomic E-state index is 13.2. The van der Waals surface area contributed by atoms with Crippen LogP contribution in [-0.4, -0.2) is 22.3 Å². The summed E-state index contributed by atoms with van der Waals surface area (Å²) >= 11 is 5.87. The Kier molecular flexibility index (Phi) is 6.52. The highest BCUT2D eigenvalue weighted by molar-refractivity contribution is 6.30. The number of amides is 1.